The van der Waals surface area contributed by atoms with Crippen LogP contribution in [-0.4, -0.2) is 35.5 Å². The minimum absolute atomic E-state index is 0.161. The summed E-state index contributed by atoms with van der Waals surface area (Å²) in [5.74, 6) is -0.625. The second-order valence-electron chi connectivity index (χ2n) is 4.98. The van der Waals surface area contributed by atoms with E-state index in [4.69, 9.17) is 5.73 Å². The van der Waals surface area contributed by atoms with Crippen molar-refractivity contribution in [1.29, 1.82) is 0 Å². The molecule has 0 spiro atoms. The van der Waals surface area contributed by atoms with Gasteiger partial charge in [0.2, 0.25) is 11.8 Å². The van der Waals surface area contributed by atoms with E-state index in [0.29, 0.717) is 6.42 Å². The smallest absolute Gasteiger partial charge is 0.243 e. The highest BCUT2D eigenvalue weighted by atomic mass is 16.3. The predicted molar refractivity (Wildman–Crippen MR) is 74.0 cm³/mol. The number of carbonyl (C=O) groups is 2. The van der Waals surface area contributed by atoms with Gasteiger partial charge in [0.05, 0.1) is 12.1 Å². The van der Waals surface area contributed by atoms with Gasteiger partial charge in [-0.25, -0.2) is 0 Å². The Hall–Kier alpha value is -1.92. The zero-order chi connectivity index (χ0) is 14.5. The molecule has 1 saturated heterocycles. The van der Waals surface area contributed by atoms with E-state index in [0.717, 1.165) is 24.9 Å². The molecular formula is C14H19N3O3. The molecule has 0 radical (unpaired) electrons. The van der Waals surface area contributed by atoms with Crippen LogP contribution in [0.5, 0.6) is 5.75 Å². The lowest BCUT2D eigenvalue weighted by molar-refractivity contribution is -0.132. The van der Waals surface area contributed by atoms with Gasteiger partial charge in [0.15, 0.2) is 0 Å². The van der Waals surface area contributed by atoms with Gasteiger partial charge in [0.25, 0.3) is 0 Å². The number of imide groups is 1. The molecule has 5 N–H and O–H groups in total. The number of nitrogens with one attached hydrogen (secondary N) is 2. The standard InChI is InChI=1S/C14H19N3O3/c15-11(8-9-3-5-10(18)6-4-9)13(19)17-14(20)12-2-1-7-16-12/h3-6,11-12,16,18H,1-2,7-8,15H2,(H,17,19,20)/t11-,12-/m0/s1. The number of phenols is 1. The molecule has 2 amide bonds. The van der Waals surface area contributed by atoms with Crippen LogP contribution in [0.25, 0.3) is 0 Å². The normalized spacial score (nSPS) is 19.6. The highest BCUT2D eigenvalue weighted by Crippen LogP contribution is 2.11. The first kappa shape index (κ1) is 14.5. The van der Waals surface area contributed by atoms with Gasteiger partial charge in [-0.15, -0.1) is 0 Å². The molecule has 0 aromatic heterocycles. The van der Waals surface area contributed by atoms with Crippen molar-refractivity contribution in [3.63, 3.8) is 0 Å². The minimum atomic E-state index is -0.787. The average molecular weight is 277 g/mol. The molecule has 0 saturated carbocycles. The van der Waals surface area contributed by atoms with Crippen LogP contribution in [0.3, 0.4) is 0 Å². The number of hydrogen-bond acceptors (Lipinski definition) is 5. The van der Waals surface area contributed by atoms with Crippen molar-refractivity contribution in [2.45, 2.75) is 31.3 Å². The van der Waals surface area contributed by atoms with Crippen LogP contribution in [0.15, 0.2) is 24.3 Å². The maximum atomic E-state index is 11.8. The Morgan fingerprint density at radius 3 is 2.70 bits per heavy atom. The molecule has 1 fully saturated rings. The summed E-state index contributed by atoms with van der Waals surface area (Å²) in [6, 6.07) is 5.39. The molecule has 1 aromatic rings. The van der Waals surface area contributed by atoms with Gasteiger partial charge in [-0.3, -0.25) is 14.9 Å². The van der Waals surface area contributed by atoms with Crippen molar-refractivity contribution in [1.82, 2.24) is 10.6 Å². The monoisotopic (exact) mass is 277 g/mol. The molecular weight excluding hydrogens is 258 g/mol. The molecule has 20 heavy (non-hydrogen) atoms. The van der Waals surface area contributed by atoms with Crippen molar-refractivity contribution in [3.05, 3.63) is 29.8 Å². The summed E-state index contributed by atoms with van der Waals surface area (Å²) in [4.78, 5) is 23.6. The quantitative estimate of drug-likeness (QED) is 0.602. The molecule has 108 valence electrons. The Morgan fingerprint density at radius 1 is 1.40 bits per heavy atom. The van der Waals surface area contributed by atoms with Crippen LogP contribution < -0.4 is 16.4 Å². The van der Waals surface area contributed by atoms with E-state index in [1.54, 1.807) is 12.1 Å². The summed E-state index contributed by atoms with van der Waals surface area (Å²) < 4.78 is 0. The zero-order valence-electron chi connectivity index (χ0n) is 11.1. The third kappa shape index (κ3) is 3.79. The number of nitrogens with two attached hydrogens (primary N) is 1. The van der Waals surface area contributed by atoms with Crippen LogP contribution in [0.4, 0.5) is 0 Å². The first-order valence-electron chi connectivity index (χ1n) is 6.68. The summed E-state index contributed by atoms with van der Waals surface area (Å²) >= 11 is 0. The predicted octanol–water partition coefficient (Wildman–Crippen LogP) is -0.343. The summed E-state index contributed by atoms with van der Waals surface area (Å²) in [6.45, 7) is 0.797. The van der Waals surface area contributed by atoms with Crippen molar-refractivity contribution in [2.75, 3.05) is 6.54 Å². The topological polar surface area (TPSA) is 104 Å². The third-order valence-electron chi connectivity index (χ3n) is 3.35. The number of rotatable bonds is 4. The van der Waals surface area contributed by atoms with Gasteiger partial charge in [-0.05, 0) is 43.5 Å². The van der Waals surface area contributed by atoms with Crippen molar-refractivity contribution in [2.24, 2.45) is 5.73 Å². The summed E-state index contributed by atoms with van der Waals surface area (Å²) in [7, 11) is 0. The molecule has 6 heteroatoms. The zero-order valence-corrected chi connectivity index (χ0v) is 11.1. The maximum absolute atomic E-state index is 11.8. The number of benzene rings is 1. The lowest BCUT2D eigenvalue weighted by Crippen LogP contribution is -2.49. The second-order valence-corrected chi connectivity index (χ2v) is 4.98. The molecule has 1 aromatic carbocycles. The van der Waals surface area contributed by atoms with Crippen LogP contribution in [0.2, 0.25) is 0 Å². The number of phenolic OH excluding ortho intramolecular Hbond substituents is 1. The van der Waals surface area contributed by atoms with Crippen molar-refractivity contribution in [3.8, 4) is 5.75 Å². The van der Waals surface area contributed by atoms with E-state index in [9.17, 15) is 14.7 Å². The number of aromatic hydroxyl groups is 1. The molecule has 0 bridgehead atoms. The highest BCUT2D eigenvalue weighted by molar-refractivity contribution is 6.00. The van der Waals surface area contributed by atoms with E-state index >= 15 is 0 Å². The lowest BCUT2D eigenvalue weighted by atomic mass is 10.1. The Kier molecular flexibility index (Phi) is 4.70. The molecule has 0 aliphatic carbocycles. The highest BCUT2D eigenvalue weighted by Gasteiger charge is 2.25. The third-order valence-corrected chi connectivity index (χ3v) is 3.35. The number of hydrogen-bond donors (Lipinski definition) is 4. The fourth-order valence-corrected chi connectivity index (χ4v) is 2.19. The Balaban J connectivity index is 1.85. The van der Waals surface area contributed by atoms with Crippen LogP contribution in [0, 0.1) is 0 Å². The molecule has 1 aliphatic rings. The summed E-state index contributed by atoms with van der Waals surface area (Å²) in [6.07, 6.45) is 2.00. The summed E-state index contributed by atoms with van der Waals surface area (Å²) in [5, 5.41) is 14.5. The molecule has 1 aliphatic heterocycles. The maximum Gasteiger partial charge on any atom is 0.243 e. The summed E-state index contributed by atoms with van der Waals surface area (Å²) in [5.41, 5.74) is 6.62. The minimum Gasteiger partial charge on any atom is -0.508 e. The Morgan fingerprint density at radius 2 is 2.10 bits per heavy atom. The van der Waals surface area contributed by atoms with Crippen LogP contribution in [-0.2, 0) is 16.0 Å². The van der Waals surface area contributed by atoms with Gasteiger partial charge in [-0.1, -0.05) is 12.1 Å². The van der Waals surface area contributed by atoms with Gasteiger partial charge >= 0.3 is 0 Å². The van der Waals surface area contributed by atoms with E-state index in [1.807, 2.05) is 0 Å². The van der Waals surface area contributed by atoms with Crippen molar-refractivity contribution < 1.29 is 14.7 Å². The number of amides is 2. The SMILES string of the molecule is N[C@@H](Cc1ccc(O)cc1)C(=O)NC(=O)[C@@H]1CCCN1. The van der Waals surface area contributed by atoms with E-state index < -0.39 is 11.9 Å². The fraction of sp³-hybridized carbons (Fsp3) is 0.429. The van der Waals surface area contributed by atoms with Gasteiger partial charge in [-0.2, -0.15) is 0 Å². The molecule has 1 heterocycles. The second kappa shape index (κ2) is 6.49. The van der Waals surface area contributed by atoms with Crippen molar-refractivity contribution >= 4 is 11.8 Å². The van der Waals surface area contributed by atoms with Gasteiger partial charge in [0, 0.05) is 0 Å². The fourth-order valence-electron chi connectivity index (χ4n) is 2.19. The first-order valence-corrected chi connectivity index (χ1v) is 6.68. The lowest BCUT2D eigenvalue weighted by Gasteiger charge is -2.14. The molecule has 2 atom stereocenters. The molecule has 2 rings (SSSR count). The largest absolute Gasteiger partial charge is 0.508 e. The average Bonchev–Trinajstić information content (AvgIpc) is 2.95. The van der Waals surface area contributed by atoms with E-state index in [1.165, 1.54) is 12.1 Å². The van der Waals surface area contributed by atoms with Gasteiger partial charge in [0.1, 0.15) is 5.75 Å². The van der Waals surface area contributed by atoms with E-state index in [-0.39, 0.29) is 17.7 Å². The van der Waals surface area contributed by atoms with Crippen LogP contribution in [0.1, 0.15) is 18.4 Å². The van der Waals surface area contributed by atoms with Crippen LogP contribution >= 0.6 is 0 Å². The number of carbonyl (C=O) groups excluding carboxylic acids is 2. The molecule has 6 nitrogen and oxygen atoms in total. The van der Waals surface area contributed by atoms with Gasteiger partial charge < -0.3 is 16.2 Å². The molecule has 0 unspecified atom stereocenters. The Labute approximate surface area is 117 Å². The first-order chi connectivity index (χ1) is 9.56. The Bertz CT molecular complexity index is 481. The van der Waals surface area contributed by atoms with E-state index in [2.05, 4.69) is 10.6 Å².